The Bertz CT molecular complexity index is 1100. The lowest BCUT2D eigenvalue weighted by Gasteiger charge is -2.13. The van der Waals surface area contributed by atoms with Gasteiger partial charge in [0.05, 0.1) is 0 Å². The molecule has 3 aromatic rings. The third-order valence-corrected chi connectivity index (χ3v) is 4.87. The Morgan fingerprint density at radius 3 is 2.28 bits per heavy atom. The Hall–Kier alpha value is -3.78. The number of fused-ring (bicyclic) bond motifs is 1. The third kappa shape index (κ3) is 4.22. The molecule has 1 amide bonds. The molecule has 0 spiro atoms. The molecule has 0 atom stereocenters. The topological polar surface area (TPSA) is 85.2 Å². The van der Waals surface area contributed by atoms with E-state index in [4.69, 9.17) is 0 Å². The number of hydrogen-bond donors (Lipinski definition) is 3. The maximum Gasteiger partial charge on any atom is 0.267 e. The van der Waals surface area contributed by atoms with E-state index >= 15 is 0 Å². The number of anilines is 2. The summed E-state index contributed by atoms with van der Waals surface area (Å²) in [7, 11) is 0. The molecule has 29 heavy (non-hydrogen) atoms. The number of phenols is 1. The van der Waals surface area contributed by atoms with Crippen molar-refractivity contribution in [2.45, 2.75) is 26.7 Å². The normalized spacial score (nSPS) is 11.1. The summed E-state index contributed by atoms with van der Waals surface area (Å²) in [4.78, 5) is 12.7. The predicted molar refractivity (Wildman–Crippen MR) is 117 cm³/mol. The highest BCUT2D eigenvalue weighted by molar-refractivity contribution is 6.11. The van der Waals surface area contributed by atoms with Crippen molar-refractivity contribution < 1.29 is 9.90 Å². The minimum absolute atomic E-state index is 0.0323. The van der Waals surface area contributed by atoms with Crippen molar-refractivity contribution in [3.8, 4) is 11.8 Å². The molecule has 0 fully saturated rings. The summed E-state index contributed by atoms with van der Waals surface area (Å²) in [5.74, 6) is -0.373. The van der Waals surface area contributed by atoms with Gasteiger partial charge in [0.25, 0.3) is 5.91 Å². The average molecular weight is 385 g/mol. The smallest absolute Gasteiger partial charge is 0.267 e. The van der Waals surface area contributed by atoms with Crippen LogP contribution in [0.4, 0.5) is 11.4 Å². The van der Waals surface area contributed by atoms with Crippen LogP contribution in [-0.4, -0.2) is 11.0 Å². The van der Waals surface area contributed by atoms with Gasteiger partial charge in [0.1, 0.15) is 17.4 Å². The summed E-state index contributed by atoms with van der Waals surface area (Å²) in [5.41, 5.74) is 3.70. The summed E-state index contributed by atoms with van der Waals surface area (Å²) in [6, 6.07) is 18.4. The van der Waals surface area contributed by atoms with Gasteiger partial charge in [-0.15, -0.1) is 0 Å². The van der Waals surface area contributed by atoms with E-state index in [1.165, 1.54) is 6.20 Å². The van der Waals surface area contributed by atoms with Crippen LogP contribution in [0.25, 0.3) is 10.8 Å². The molecule has 0 aromatic heterocycles. The first kappa shape index (κ1) is 20.0. The van der Waals surface area contributed by atoms with Crippen molar-refractivity contribution in [3.05, 3.63) is 77.5 Å². The number of aromatic hydroxyl groups is 1. The van der Waals surface area contributed by atoms with Crippen LogP contribution in [0.5, 0.6) is 5.75 Å². The molecule has 146 valence electrons. The minimum Gasteiger partial charge on any atom is -0.507 e. The zero-order valence-electron chi connectivity index (χ0n) is 16.5. The van der Waals surface area contributed by atoms with E-state index in [2.05, 4.69) is 24.5 Å². The zero-order chi connectivity index (χ0) is 20.8. The Kier molecular flexibility index (Phi) is 6.16. The highest BCUT2D eigenvalue weighted by Gasteiger charge is 2.13. The number of nitriles is 1. The molecule has 0 heterocycles. The van der Waals surface area contributed by atoms with Gasteiger partial charge in [-0.2, -0.15) is 5.26 Å². The number of carbonyl (C=O) groups excluding carboxylic acids is 1. The minimum atomic E-state index is -0.511. The van der Waals surface area contributed by atoms with E-state index < -0.39 is 5.91 Å². The number of amides is 1. The third-order valence-electron chi connectivity index (χ3n) is 4.87. The van der Waals surface area contributed by atoms with Crippen LogP contribution < -0.4 is 10.6 Å². The van der Waals surface area contributed by atoms with Crippen LogP contribution in [0.15, 0.2) is 66.4 Å². The van der Waals surface area contributed by atoms with Gasteiger partial charge >= 0.3 is 0 Å². The fourth-order valence-corrected chi connectivity index (χ4v) is 3.31. The molecule has 0 saturated carbocycles. The monoisotopic (exact) mass is 385 g/mol. The molecule has 0 aliphatic carbocycles. The number of hydrogen-bond acceptors (Lipinski definition) is 4. The SMILES string of the molecule is CCc1cccc(CC)c1N/C=C(/C#N)C(=O)Nc1cccc2c(O)cccc12. The van der Waals surface area contributed by atoms with Crippen LogP contribution in [-0.2, 0) is 17.6 Å². The number of para-hydroxylation sites is 1. The van der Waals surface area contributed by atoms with Crippen molar-refractivity contribution in [1.29, 1.82) is 5.26 Å². The molecule has 0 saturated heterocycles. The van der Waals surface area contributed by atoms with Gasteiger partial charge in [0.2, 0.25) is 0 Å². The maximum atomic E-state index is 12.7. The highest BCUT2D eigenvalue weighted by Crippen LogP contribution is 2.30. The molecule has 5 heteroatoms. The number of nitrogens with one attached hydrogen (secondary N) is 2. The molecule has 0 bridgehead atoms. The second kappa shape index (κ2) is 8.94. The predicted octanol–water partition coefficient (Wildman–Crippen LogP) is 5.13. The zero-order valence-corrected chi connectivity index (χ0v) is 16.5. The number of carbonyl (C=O) groups is 1. The number of nitrogens with zero attached hydrogens (tertiary/aromatic N) is 1. The average Bonchev–Trinajstić information content (AvgIpc) is 2.74. The molecule has 0 unspecified atom stereocenters. The van der Waals surface area contributed by atoms with E-state index in [1.54, 1.807) is 30.3 Å². The van der Waals surface area contributed by atoms with Gasteiger partial charge in [-0.1, -0.05) is 56.3 Å². The fraction of sp³-hybridized carbons (Fsp3) is 0.167. The second-order valence-electron chi connectivity index (χ2n) is 6.60. The van der Waals surface area contributed by atoms with E-state index in [0.29, 0.717) is 16.5 Å². The molecule has 3 N–H and O–H groups in total. The van der Waals surface area contributed by atoms with Gasteiger partial charge in [-0.25, -0.2) is 0 Å². The quantitative estimate of drug-likeness (QED) is 0.406. The lowest BCUT2D eigenvalue weighted by molar-refractivity contribution is -0.112. The van der Waals surface area contributed by atoms with Crippen LogP contribution in [0.2, 0.25) is 0 Å². The summed E-state index contributed by atoms with van der Waals surface area (Å²) in [6.07, 6.45) is 3.14. The summed E-state index contributed by atoms with van der Waals surface area (Å²) in [6.45, 7) is 4.13. The lowest BCUT2D eigenvalue weighted by Crippen LogP contribution is -2.15. The molecule has 0 aliphatic rings. The maximum absolute atomic E-state index is 12.7. The number of aryl methyl sites for hydroxylation is 2. The molecular formula is C24H23N3O2. The van der Waals surface area contributed by atoms with E-state index in [0.717, 1.165) is 29.7 Å². The second-order valence-corrected chi connectivity index (χ2v) is 6.60. The highest BCUT2D eigenvalue weighted by atomic mass is 16.3. The Morgan fingerprint density at radius 1 is 1.00 bits per heavy atom. The summed E-state index contributed by atoms with van der Waals surface area (Å²) < 4.78 is 0. The Morgan fingerprint density at radius 2 is 1.62 bits per heavy atom. The first-order chi connectivity index (χ1) is 14.1. The van der Waals surface area contributed by atoms with E-state index in [1.807, 2.05) is 30.3 Å². The summed E-state index contributed by atoms with van der Waals surface area (Å²) in [5, 5.41) is 26.8. The molecule has 3 rings (SSSR count). The van der Waals surface area contributed by atoms with Crippen molar-refractivity contribution in [1.82, 2.24) is 0 Å². The van der Waals surface area contributed by atoms with Gasteiger partial charge in [0.15, 0.2) is 0 Å². The lowest BCUT2D eigenvalue weighted by atomic mass is 10.0. The molecule has 0 aliphatic heterocycles. The summed E-state index contributed by atoms with van der Waals surface area (Å²) >= 11 is 0. The van der Waals surface area contributed by atoms with Crippen molar-refractivity contribution in [3.63, 3.8) is 0 Å². The van der Waals surface area contributed by atoms with Crippen molar-refractivity contribution >= 4 is 28.1 Å². The van der Waals surface area contributed by atoms with E-state index in [-0.39, 0.29) is 11.3 Å². The van der Waals surface area contributed by atoms with Gasteiger partial charge < -0.3 is 15.7 Å². The number of rotatable bonds is 6. The Balaban J connectivity index is 1.88. The van der Waals surface area contributed by atoms with Crippen LogP contribution >= 0.6 is 0 Å². The fourth-order valence-electron chi connectivity index (χ4n) is 3.31. The van der Waals surface area contributed by atoms with E-state index in [9.17, 15) is 15.2 Å². The first-order valence-corrected chi connectivity index (χ1v) is 9.58. The van der Waals surface area contributed by atoms with Gasteiger partial charge in [-0.3, -0.25) is 4.79 Å². The molecule has 0 radical (unpaired) electrons. The molecule has 3 aromatic carbocycles. The van der Waals surface area contributed by atoms with Crippen LogP contribution in [0, 0.1) is 11.3 Å². The number of phenolic OH excluding ortho intramolecular Hbond substituents is 1. The Labute approximate surface area is 170 Å². The number of benzene rings is 3. The van der Waals surface area contributed by atoms with Crippen LogP contribution in [0.1, 0.15) is 25.0 Å². The molecule has 5 nitrogen and oxygen atoms in total. The van der Waals surface area contributed by atoms with Gasteiger partial charge in [0, 0.05) is 28.3 Å². The first-order valence-electron chi connectivity index (χ1n) is 9.58. The largest absolute Gasteiger partial charge is 0.507 e. The van der Waals surface area contributed by atoms with Crippen molar-refractivity contribution in [2.24, 2.45) is 0 Å². The van der Waals surface area contributed by atoms with Crippen LogP contribution in [0.3, 0.4) is 0 Å². The standard InChI is InChI=1S/C24H23N3O2/c1-3-16-8-5-9-17(4-2)23(16)26-15-18(14-25)24(29)27-21-12-6-11-20-19(21)10-7-13-22(20)28/h5-13,15,26,28H,3-4H2,1-2H3,(H,27,29)/b18-15-. The van der Waals surface area contributed by atoms with Crippen molar-refractivity contribution in [2.75, 3.05) is 10.6 Å². The van der Waals surface area contributed by atoms with Gasteiger partial charge in [-0.05, 0) is 36.1 Å². The molecular weight excluding hydrogens is 362 g/mol.